The molecular weight excluding hydrogens is 322 g/mol. The highest BCUT2D eigenvalue weighted by atomic mass is 16.7. The smallest absolute Gasteiger partial charge is 0.242 e. The van der Waals surface area contributed by atoms with E-state index in [1.54, 1.807) is 29.2 Å². The molecule has 0 radical (unpaired) electrons. The van der Waals surface area contributed by atoms with Crippen molar-refractivity contribution in [3.63, 3.8) is 0 Å². The third-order valence-corrected chi connectivity index (χ3v) is 4.67. The zero-order valence-electron chi connectivity index (χ0n) is 14.2. The van der Waals surface area contributed by atoms with E-state index in [1.165, 1.54) is 11.8 Å². The van der Waals surface area contributed by atoms with Gasteiger partial charge in [-0.25, -0.2) is 0 Å². The van der Waals surface area contributed by atoms with Crippen LogP contribution in [0.3, 0.4) is 0 Å². The van der Waals surface area contributed by atoms with Crippen LogP contribution in [0.1, 0.15) is 25.3 Å². The minimum absolute atomic E-state index is 0.0179. The molecule has 0 aliphatic carbocycles. The first-order chi connectivity index (χ1) is 12.0. The molecule has 1 aromatic rings. The van der Waals surface area contributed by atoms with Gasteiger partial charge in [0.15, 0.2) is 5.79 Å². The van der Waals surface area contributed by atoms with Crippen LogP contribution in [0.25, 0.3) is 0 Å². The summed E-state index contributed by atoms with van der Waals surface area (Å²) in [5, 5.41) is 8.87. The second-order valence-electron chi connectivity index (χ2n) is 6.25. The molecule has 0 aromatic heterocycles. The highest BCUT2D eigenvalue weighted by molar-refractivity contribution is 5.97. The van der Waals surface area contributed by atoms with Crippen molar-refractivity contribution in [2.75, 3.05) is 37.7 Å². The van der Waals surface area contributed by atoms with Crippen LogP contribution in [0.2, 0.25) is 0 Å². The van der Waals surface area contributed by atoms with Gasteiger partial charge < -0.3 is 19.3 Å². The maximum Gasteiger partial charge on any atom is 0.242 e. The number of hydrogen-bond acceptors (Lipinski definition) is 5. The van der Waals surface area contributed by atoms with E-state index in [4.69, 9.17) is 14.7 Å². The van der Waals surface area contributed by atoms with Crippen LogP contribution in [-0.2, 0) is 19.1 Å². The molecule has 2 aliphatic rings. The largest absolute Gasteiger partial charge is 0.347 e. The Labute approximate surface area is 146 Å². The Balaban J connectivity index is 1.63. The lowest BCUT2D eigenvalue weighted by Gasteiger charge is -2.38. The van der Waals surface area contributed by atoms with E-state index in [2.05, 4.69) is 0 Å². The lowest BCUT2D eigenvalue weighted by Crippen LogP contribution is -2.50. The molecule has 2 amide bonds. The van der Waals surface area contributed by atoms with Gasteiger partial charge in [-0.05, 0) is 24.3 Å². The lowest BCUT2D eigenvalue weighted by atomic mass is 10.0. The Bertz CT molecular complexity index is 679. The first-order valence-corrected chi connectivity index (χ1v) is 8.37. The number of piperidine rings is 1. The summed E-state index contributed by atoms with van der Waals surface area (Å²) in [6.07, 6.45) is 1.30. The molecule has 0 bridgehead atoms. The second kappa shape index (κ2) is 7.21. The van der Waals surface area contributed by atoms with E-state index in [-0.39, 0.29) is 18.4 Å². The monoisotopic (exact) mass is 343 g/mol. The summed E-state index contributed by atoms with van der Waals surface area (Å²) in [4.78, 5) is 27.8. The highest BCUT2D eigenvalue weighted by Crippen LogP contribution is 2.31. The minimum Gasteiger partial charge on any atom is -0.347 e. The van der Waals surface area contributed by atoms with Crippen molar-refractivity contribution >= 4 is 17.5 Å². The van der Waals surface area contributed by atoms with Crippen LogP contribution in [0, 0.1) is 11.3 Å². The van der Waals surface area contributed by atoms with Gasteiger partial charge in [-0.15, -0.1) is 0 Å². The lowest BCUT2D eigenvalue weighted by molar-refractivity contribution is -0.187. The van der Waals surface area contributed by atoms with Gasteiger partial charge in [-0.3, -0.25) is 9.59 Å². The van der Waals surface area contributed by atoms with Gasteiger partial charge >= 0.3 is 0 Å². The van der Waals surface area contributed by atoms with Gasteiger partial charge in [0, 0.05) is 38.5 Å². The Morgan fingerprint density at radius 2 is 1.80 bits per heavy atom. The maximum atomic E-state index is 12.6. The number of nitriles is 1. The molecule has 3 rings (SSSR count). The summed E-state index contributed by atoms with van der Waals surface area (Å²) in [6, 6.07) is 8.66. The Kier molecular flexibility index (Phi) is 5.02. The summed E-state index contributed by atoms with van der Waals surface area (Å²) in [7, 11) is 0. The molecule has 0 N–H and O–H groups in total. The number of amides is 2. The quantitative estimate of drug-likeness (QED) is 0.825. The molecule has 7 nitrogen and oxygen atoms in total. The highest BCUT2D eigenvalue weighted by Gasteiger charge is 2.40. The number of hydrogen-bond donors (Lipinski definition) is 0. The molecular formula is C18H21N3O4. The second-order valence-corrected chi connectivity index (χ2v) is 6.25. The maximum absolute atomic E-state index is 12.6. The van der Waals surface area contributed by atoms with Crippen molar-refractivity contribution in [2.24, 2.45) is 0 Å². The van der Waals surface area contributed by atoms with Crippen molar-refractivity contribution in [3.8, 4) is 6.07 Å². The fraction of sp³-hybridized carbons (Fsp3) is 0.500. The zero-order valence-corrected chi connectivity index (χ0v) is 14.2. The predicted octanol–water partition coefficient (Wildman–Crippen LogP) is 1.28. The van der Waals surface area contributed by atoms with E-state index >= 15 is 0 Å². The number of benzene rings is 1. The Morgan fingerprint density at radius 1 is 1.20 bits per heavy atom. The summed E-state index contributed by atoms with van der Waals surface area (Å²) < 4.78 is 11.3. The average molecular weight is 343 g/mol. The van der Waals surface area contributed by atoms with Gasteiger partial charge in [0.2, 0.25) is 11.8 Å². The fourth-order valence-electron chi connectivity index (χ4n) is 3.22. The summed E-state index contributed by atoms with van der Waals surface area (Å²) >= 11 is 0. The van der Waals surface area contributed by atoms with Crippen molar-refractivity contribution in [1.29, 1.82) is 5.26 Å². The number of carbonyl (C=O) groups excluding carboxylic acids is 2. The van der Waals surface area contributed by atoms with Crippen LogP contribution in [0.5, 0.6) is 0 Å². The van der Waals surface area contributed by atoms with Gasteiger partial charge in [0.1, 0.15) is 6.54 Å². The first kappa shape index (κ1) is 17.4. The number of carbonyl (C=O) groups is 2. The minimum atomic E-state index is -0.524. The van der Waals surface area contributed by atoms with Crippen molar-refractivity contribution in [2.45, 2.75) is 25.6 Å². The van der Waals surface area contributed by atoms with E-state index in [1.807, 2.05) is 6.07 Å². The molecule has 0 saturated carbocycles. The van der Waals surface area contributed by atoms with E-state index < -0.39 is 5.79 Å². The van der Waals surface area contributed by atoms with Crippen LogP contribution in [-0.4, -0.2) is 55.3 Å². The number of rotatable bonds is 3. The number of ether oxygens (including phenoxy) is 2. The topological polar surface area (TPSA) is 82.9 Å². The standard InChI is InChI=1S/C18H21N3O4/c1-14(22)21(16-4-2-15(12-19)3-5-16)13-17(23)20-8-6-18(7-9-20)24-10-11-25-18/h2-5H,6-11,13H2,1H3. The van der Waals surface area contributed by atoms with Crippen molar-refractivity contribution < 1.29 is 19.1 Å². The molecule has 1 aromatic carbocycles. The van der Waals surface area contributed by atoms with Gasteiger partial charge in [-0.2, -0.15) is 5.26 Å². The zero-order chi connectivity index (χ0) is 17.9. The molecule has 132 valence electrons. The van der Waals surface area contributed by atoms with Crippen LogP contribution >= 0.6 is 0 Å². The summed E-state index contributed by atoms with van der Waals surface area (Å²) in [6.45, 7) is 3.72. The van der Waals surface area contributed by atoms with Crippen molar-refractivity contribution in [1.82, 2.24) is 4.90 Å². The van der Waals surface area contributed by atoms with Crippen LogP contribution in [0.4, 0.5) is 5.69 Å². The molecule has 2 heterocycles. The SMILES string of the molecule is CC(=O)N(CC(=O)N1CCC2(CC1)OCCO2)c1ccc(C#N)cc1. The Hall–Kier alpha value is -2.43. The Morgan fingerprint density at radius 3 is 2.32 bits per heavy atom. The van der Waals surface area contributed by atoms with Crippen LogP contribution in [0.15, 0.2) is 24.3 Å². The van der Waals surface area contributed by atoms with Gasteiger partial charge in [-0.1, -0.05) is 0 Å². The van der Waals surface area contributed by atoms with E-state index in [0.29, 0.717) is 50.4 Å². The van der Waals surface area contributed by atoms with Gasteiger partial charge in [0.25, 0.3) is 0 Å². The molecule has 1 spiro atoms. The number of likely N-dealkylation sites (tertiary alicyclic amines) is 1. The molecule has 2 fully saturated rings. The normalized spacial score (nSPS) is 18.8. The third-order valence-electron chi connectivity index (χ3n) is 4.67. The van der Waals surface area contributed by atoms with Gasteiger partial charge in [0.05, 0.1) is 24.8 Å². The van der Waals surface area contributed by atoms with Crippen LogP contribution < -0.4 is 4.90 Å². The molecule has 2 saturated heterocycles. The number of anilines is 1. The fourth-order valence-corrected chi connectivity index (χ4v) is 3.22. The number of nitrogens with zero attached hydrogens (tertiary/aromatic N) is 3. The van der Waals surface area contributed by atoms with E-state index in [0.717, 1.165) is 0 Å². The molecule has 0 atom stereocenters. The first-order valence-electron chi connectivity index (χ1n) is 8.37. The molecule has 25 heavy (non-hydrogen) atoms. The predicted molar refractivity (Wildman–Crippen MR) is 89.6 cm³/mol. The molecule has 7 heteroatoms. The molecule has 0 unspecified atom stereocenters. The summed E-state index contributed by atoms with van der Waals surface area (Å²) in [5.41, 5.74) is 1.12. The molecule has 2 aliphatic heterocycles. The summed E-state index contributed by atoms with van der Waals surface area (Å²) in [5.74, 6) is -0.842. The third kappa shape index (κ3) is 3.81. The van der Waals surface area contributed by atoms with Crippen molar-refractivity contribution in [3.05, 3.63) is 29.8 Å². The van der Waals surface area contributed by atoms with E-state index in [9.17, 15) is 9.59 Å². The average Bonchev–Trinajstić information content (AvgIpc) is 3.08.